The van der Waals surface area contributed by atoms with Gasteiger partial charge in [-0.25, -0.2) is 4.98 Å². The maximum absolute atomic E-state index is 12.0. The molecule has 0 fully saturated rings. The zero-order valence-corrected chi connectivity index (χ0v) is 11.3. The molecule has 0 saturated heterocycles. The summed E-state index contributed by atoms with van der Waals surface area (Å²) in [5.74, 6) is -0.284. The summed E-state index contributed by atoms with van der Waals surface area (Å²) in [6.45, 7) is 3.86. The highest BCUT2D eigenvalue weighted by Crippen LogP contribution is 2.19. The van der Waals surface area contributed by atoms with Gasteiger partial charge in [0, 0.05) is 24.3 Å². The Labute approximate surface area is 109 Å². The molecule has 1 amide bonds. The lowest BCUT2D eigenvalue weighted by atomic mass is 10.3. The molecule has 96 valence electrons. The monoisotopic (exact) mass is 265 g/mol. The molecule has 0 aliphatic rings. The molecule has 1 unspecified atom stereocenters. The fourth-order valence-corrected chi connectivity index (χ4v) is 2.36. The van der Waals surface area contributed by atoms with E-state index in [9.17, 15) is 4.79 Å². The van der Waals surface area contributed by atoms with Crippen LogP contribution in [0.2, 0.25) is 0 Å². The van der Waals surface area contributed by atoms with E-state index in [-0.39, 0.29) is 17.6 Å². The van der Waals surface area contributed by atoms with Crippen molar-refractivity contribution in [1.82, 2.24) is 20.1 Å². The summed E-state index contributed by atoms with van der Waals surface area (Å²) in [5, 5.41) is 7.73. The third kappa shape index (κ3) is 2.51. The van der Waals surface area contributed by atoms with Gasteiger partial charge >= 0.3 is 0 Å². The molecule has 2 aromatic heterocycles. The number of hydrogen-bond donors (Lipinski definition) is 2. The lowest BCUT2D eigenvalue weighted by Crippen LogP contribution is -2.27. The lowest BCUT2D eigenvalue weighted by molar-refractivity contribution is 0.0935. The van der Waals surface area contributed by atoms with Crippen LogP contribution in [-0.2, 0) is 7.05 Å². The maximum Gasteiger partial charge on any atom is 0.274 e. The second kappa shape index (κ2) is 4.77. The Hall–Kier alpha value is -1.89. The molecule has 6 nitrogen and oxygen atoms in total. The first-order chi connectivity index (χ1) is 8.47. The summed E-state index contributed by atoms with van der Waals surface area (Å²) in [5.41, 5.74) is 6.32. The number of rotatable bonds is 3. The van der Waals surface area contributed by atoms with Crippen LogP contribution in [0.5, 0.6) is 0 Å². The van der Waals surface area contributed by atoms with Crippen molar-refractivity contribution in [3.63, 3.8) is 0 Å². The van der Waals surface area contributed by atoms with Crippen molar-refractivity contribution >= 4 is 22.9 Å². The van der Waals surface area contributed by atoms with Gasteiger partial charge in [0.1, 0.15) is 5.01 Å². The number of anilines is 1. The van der Waals surface area contributed by atoms with Crippen molar-refractivity contribution in [2.75, 3.05) is 5.73 Å². The van der Waals surface area contributed by atoms with Gasteiger partial charge in [0.2, 0.25) is 0 Å². The van der Waals surface area contributed by atoms with Gasteiger partial charge in [-0.3, -0.25) is 9.48 Å². The molecule has 2 heterocycles. The molecule has 2 rings (SSSR count). The van der Waals surface area contributed by atoms with E-state index in [1.165, 1.54) is 4.68 Å². The number of aromatic nitrogens is 3. The summed E-state index contributed by atoms with van der Waals surface area (Å²) in [4.78, 5) is 17.3. The Kier molecular flexibility index (Phi) is 3.33. The third-order valence-electron chi connectivity index (χ3n) is 2.43. The van der Waals surface area contributed by atoms with Gasteiger partial charge in [-0.15, -0.1) is 11.3 Å². The zero-order valence-electron chi connectivity index (χ0n) is 10.5. The van der Waals surface area contributed by atoms with Crippen LogP contribution < -0.4 is 11.1 Å². The molecule has 0 bridgehead atoms. The molecule has 0 aliphatic carbocycles. The fraction of sp³-hybridized carbons (Fsp3) is 0.364. The minimum Gasteiger partial charge on any atom is -0.396 e. The average Bonchev–Trinajstić information content (AvgIpc) is 2.84. The number of aryl methyl sites for hydroxylation is 2. The molecule has 3 N–H and O–H groups in total. The lowest BCUT2D eigenvalue weighted by Gasteiger charge is -2.09. The first-order valence-corrected chi connectivity index (χ1v) is 6.31. The molecule has 7 heteroatoms. The Bertz CT molecular complexity index is 574. The number of nitrogens with two attached hydrogens (primary N) is 1. The van der Waals surface area contributed by atoms with E-state index >= 15 is 0 Å². The van der Waals surface area contributed by atoms with Crippen molar-refractivity contribution in [3.8, 4) is 0 Å². The van der Waals surface area contributed by atoms with Gasteiger partial charge in [0.05, 0.1) is 11.7 Å². The van der Waals surface area contributed by atoms with Crippen LogP contribution in [0.3, 0.4) is 0 Å². The van der Waals surface area contributed by atoms with Crippen molar-refractivity contribution in [2.45, 2.75) is 19.9 Å². The van der Waals surface area contributed by atoms with Crippen molar-refractivity contribution in [3.05, 3.63) is 28.0 Å². The molecule has 2 aromatic rings. The van der Waals surface area contributed by atoms with E-state index in [2.05, 4.69) is 15.4 Å². The maximum atomic E-state index is 12.0. The molecule has 1 atom stereocenters. The highest BCUT2D eigenvalue weighted by molar-refractivity contribution is 7.11. The second-order valence-corrected chi connectivity index (χ2v) is 5.38. The van der Waals surface area contributed by atoms with Crippen LogP contribution in [0, 0.1) is 6.92 Å². The fourth-order valence-electron chi connectivity index (χ4n) is 1.58. The summed E-state index contributed by atoms with van der Waals surface area (Å²) in [6.07, 6.45) is 3.39. The molecular formula is C11H15N5OS. The summed E-state index contributed by atoms with van der Waals surface area (Å²) >= 11 is 1.56. The molecule has 0 aliphatic heterocycles. The quantitative estimate of drug-likeness (QED) is 0.874. The van der Waals surface area contributed by atoms with Crippen LogP contribution in [0.15, 0.2) is 12.4 Å². The Balaban J connectivity index is 2.10. The number of amides is 1. The van der Waals surface area contributed by atoms with Crippen molar-refractivity contribution in [1.29, 1.82) is 0 Å². The topological polar surface area (TPSA) is 85.8 Å². The molecule has 0 spiro atoms. The number of hydrogen-bond acceptors (Lipinski definition) is 5. The predicted octanol–water partition coefficient (Wildman–Crippen LogP) is 1.26. The number of thiazole rings is 1. The first kappa shape index (κ1) is 12.6. The zero-order chi connectivity index (χ0) is 13.3. The number of carbonyl (C=O) groups is 1. The Morgan fingerprint density at radius 1 is 1.61 bits per heavy atom. The molecule has 18 heavy (non-hydrogen) atoms. The van der Waals surface area contributed by atoms with Gasteiger partial charge in [-0.2, -0.15) is 5.10 Å². The number of nitrogens with zero attached hydrogens (tertiary/aromatic N) is 3. The molecule has 0 saturated carbocycles. The first-order valence-electron chi connectivity index (χ1n) is 5.49. The standard InChI is InChI=1S/C11H15N5OS/c1-6-4-13-11(18-6)7(2)14-10(17)9-8(12)5-16(3)15-9/h4-5,7H,12H2,1-3H3,(H,14,17). The SMILES string of the molecule is Cc1cnc(C(C)NC(=O)c2nn(C)cc2N)s1. The van der Waals surface area contributed by atoms with Gasteiger partial charge in [-0.05, 0) is 13.8 Å². The highest BCUT2D eigenvalue weighted by Gasteiger charge is 2.18. The van der Waals surface area contributed by atoms with E-state index in [0.717, 1.165) is 9.88 Å². The van der Waals surface area contributed by atoms with Crippen molar-refractivity contribution in [2.24, 2.45) is 7.05 Å². The average molecular weight is 265 g/mol. The van der Waals surface area contributed by atoms with E-state index in [0.29, 0.717) is 5.69 Å². The largest absolute Gasteiger partial charge is 0.396 e. The van der Waals surface area contributed by atoms with Gasteiger partial charge in [0.15, 0.2) is 5.69 Å². The molecule has 0 aromatic carbocycles. The van der Waals surface area contributed by atoms with Gasteiger partial charge < -0.3 is 11.1 Å². The molecule has 0 radical (unpaired) electrons. The molecular weight excluding hydrogens is 250 g/mol. The van der Waals surface area contributed by atoms with E-state index in [1.54, 1.807) is 30.8 Å². The summed E-state index contributed by atoms with van der Waals surface area (Å²) in [7, 11) is 1.72. The van der Waals surface area contributed by atoms with Crippen LogP contribution in [0.25, 0.3) is 0 Å². The van der Waals surface area contributed by atoms with Crippen LogP contribution in [-0.4, -0.2) is 20.7 Å². The number of nitrogens with one attached hydrogen (secondary N) is 1. The second-order valence-electron chi connectivity index (χ2n) is 4.11. The number of carbonyl (C=O) groups excluding carboxylic acids is 1. The third-order valence-corrected chi connectivity index (χ3v) is 3.52. The van der Waals surface area contributed by atoms with Crippen LogP contribution in [0.4, 0.5) is 5.69 Å². The summed E-state index contributed by atoms with van der Waals surface area (Å²) in [6, 6.07) is -0.155. The van der Waals surface area contributed by atoms with Crippen molar-refractivity contribution < 1.29 is 4.79 Å². The minimum atomic E-state index is -0.284. The smallest absolute Gasteiger partial charge is 0.274 e. The van der Waals surface area contributed by atoms with E-state index in [4.69, 9.17) is 5.73 Å². The normalized spacial score (nSPS) is 12.4. The Morgan fingerprint density at radius 2 is 2.33 bits per heavy atom. The van der Waals surface area contributed by atoms with Crippen LogP contribution >= 0.6 is 11.3 Å². The predicted molar refractivity (Wildman–Crippen MR) is 70.4 cm³/mol. The van der Waals surface area contributed by atoms with Crippen LogP contribution in [0.1, 0.15) is 33.3 Å². The minimum absolute atomic E-state index is 0.155. The number of nitrogen functional groups attached to an aromatic ring is 1. The highest BCUT2D eigenvalue weighted by atomic mass is 32.1. The van der Waals surface area contributed by atoms with Gasteiger partial charge in [0.25, 0.3) is 5.91 Å². The van der Waals surface area contributed by atoms with E-state index in [1.807, 2.05) is 13.8 Å². The van der Waals surface area contributed by atoms with Gasteiger partial charge in [-0.1, -0.05) is 0 Å². The van der Waals surface area contributed by atoms with E-state index < -0.39 is 0 Å². The Morgan fingerprint density at radius 3 is 2.83 bits per heavy atom. The summed E-state index contributed by atoms with van der Waals surface area (Å²) < 4.78 is 1.52.